The first-order valence-electron chi connectivity index (χ1n) is 3.28. The molecule has 0 radical (unpaired) electrons. The van der Waals surface area contributed by atoms with E-state index in [4.69, 9.17) is 5.11 Å². The number of aromatic hydroxyl groups is 1. The summed E-state index contributed by atoms with van der Waals surface area (Å²) in [5, 5.41) is 9.07. The van der Waals surface area contributed by atoms with Crippen molar-refractivity contribution < 1.29 is 13.9 Å². The summed E-state index contributed by atoms with van der Waals surface area (Å²) in [7, 11) is 0. The van der Waals surface area contributed by atoms with Gasteiger partial charge < -0.3 is 5.11 Å². The molecule has 0 saturated carbocycles. The molecule has 1 N–H and O–H groups in total. The number of hydrogen-bond acceptors (Lipinski definition) is 1. The number of alkyl halides is 2. The molecule has 1 aromatic carbocycles. The van der Waals surface area contributed by atoms with Crippen molar-refractivity contribution in [3.05, 3.63) is 28.2 Å². The summed E-state index contributed by atoms with van der Waals surface area (Å²) in [4.78, 5) is 0. The van der Waals surface area contributed by atoms with Gasteiger partial charge in [-0.2, -0.15) is 0 Å². The average Bonchev–Trinajstić information content (AvgIpc) is 1.92. The van der Waals surface area contributed by atoms with Crippen molar-refractivity contribution in [2.45, 2.75) is 12.8 Å². The van der Waals surface area contributed by atoms with E-state index in [1.807, 2.05) is 0 Å². The van der Waals surface area contributed by atoms with Gasteiger partial charge in [0.1, 0.15) is 5.75 Å². The highest BCUT2D eigenvalue weighted by molar-refractivity contribution is 9.10. The summed E-state index contributed by atoms with van der Waals surface area (Å²) in [6.07, 6.45) is 0. The van der Waals surface area contributed by atoms with Gasteiger partial charge in [-0.15, -0.1) is 0 Å². The summed E-state index contributed by atoms with van der Waals surface area (Å²) in [6.45, 7) is 0.745. The molecule has 0 fully saturated rings. The second kappa shape index (κ2) is 3.01. The smallest absolute Gasteiger partial charge is 0.274 e. The molecule has 0 amide bonds. The number of halogens is 3. The molecule has 0 aliphatic heterocycles. The summed E-state index contributed by atoms with van der Waals surface area (Å²) in [5.74, 6) is -3.39. The number of hydrogen-bond donors (Lipinski definition) is 1. The molecule has 66 valence electrons. The lowest BCUT2D eigenvalue weighted by Crippen LogP contribution is -2.06. The van der Waals surface area contributed by atoms with Gasteiger partial charge in [-0.1, -0.05) is 15.9 Å². The zero-order valence-electron chi connectivity index (χ0n) is 6.31. The second-order valence-electron chi connectivity index (χ2n) is 2.55. The fraction of sp³-hybridized carbons (Fsp3) is 0.250. The number of phenols is 1. The summed E-state index contributed by atoms with van der Waals surface area (Å²) in [5.41, 5.74) is -0.364. The third-order valence-electron chi connectivity index (χ3n) is 1.43. The van der Waals surface area contributed by atoms with Gasteiger partial charge in [0.05, 0.1) is 5.56 Å². The van der Waals surface area contributed by atoms with E-state index in [0.29, 0.717) is 4.47 Å². The largest absolute Gasteiger partial charge is 0.507 e. The summed E-state index contributed by atoms with van der Waals surface area (Å²) < 4.78 is 26.0. The molecule has 0 saturated heterocycles. The van der Waals surface area contributed by atoms with E-state index in [1.54, 1.807) is 0 Å². The van der Waals surface area contributed by atoms with Gasteiger partial charge in [0.25, 0.3) is 5.92 Å². The van der Waals surface area contributed by atoms with E-state index >= 15 is 0 Å². The molecule has 1 rings (SSSR count). The number of rotatable bonds is 1. The van der Waals surface area contributed by atoms with E-state index < -0.39 is 5.92 Å². The van der Waals surface area contributed by atoms with Crippen LogP contribution in [-0.2, 0) is 5.92 Å². The maximum Gasteiger partial charge on any atom is 0.274 e. The normalized spacial score (nSPS) is 11.7. The Bertz CT molecular complexity index is 294. The SMILES string of the molecule is CC(F)(F)c1cc(Br)ccc1O. The van der Waals surface area contributed by atoms with Crippen molar-refractivity contribution in [3.63, 3.8) is 0 Å². The third kappa shape index (κ3) is 1.94. The maximum atomic E-state index is 12.7. The molecule has 0 bridgehead atoms. The van der Waals surface area contributed by atoms with Crippen LogP contribution >= 0.6 is 15.9 Å². The van der Waals surface area contributed by atoms with Crippen LogP contribution in [0.15, 0.2) is 22.7 Å². The van der Waals surface area contributed by atoms with Gasteiger partial charge in [0, 0.05) is 11.4 Å². The fourth-order valence-corrected chi connectivity index (χ4v) is 1.22. The molecule has 0 aliphatic rings. The first-order valence-corrected chi connectivity index (χ1v) is 4.07. The average molecular weight is 237 g/mol. The van der Waals surface area contributed by atoms with Crippen LogP contribution in [0.2, 0.25) is 0 Å². The lowest BCUT2D eigenvalue weighted by molar-refractivity contribution is 0.0151. The standard InChI is InChI=1S/C8H7BrF2O/c1-8(10,11)6-4-5(9)2-3-7(6)12/h2-4,12H,1H3. The quantitative estimate of drug-likeness (QED) is 0.794. The van der Waals surface area contributed by atoms with Gasteiger partial charge in [-0.3, -0.25) is 0 Å². The highest BCUT2D eigenvalue weighted by atomic mass is 79.9. The van der Waals surface area contributed by atoms with E-state index in [9.17, 15) is 8.78 Å². The third-order valence-corrected chi connectivity index (χ3v) is 1.92. The second-order valence-corrected chi connectivity index (χ2v) is 3.47. The van der Waals surface area contributed by atoms with Gasteiger partial charge in [-0.25, -0.2) is 8.78 Å². The fourth-order valence-electron chi connectivity index (χ4n) is 0.860. The molecule has 0 unspecified atom stereocenters. The van der Waals surface area contributed by atoms with Crippen molar-refractivity contribution in [1.82, 2.24) is 0 Å². The van der Waals surface area contributed by atoms with Gasteiger partial charge >= 0.3 is 0 Å². The van der Waals surface area contributed by atoms with Crippen LogP contribution in [0.1, 0.15) is 12.5 Å². The molecule has 0 aliphatic carbocycles. The summed E-state index contributed by atoms with van der Waals surface area (Å²) >= 11 is 3.04. The molecule has 4 heteroatoms. The topological polar surface area (TPSA) is 20.2 Å². The zero-order chi connectivity index (χ0) is 9.35. The number of benzene rings is 1. The van der Waals surface area contributed by atoms with E-state index in [-0.39, 0.29) is 11.3 Å². The Balaban J connectivity index is 3.23. The van der Waals surface area contributed by atoms with Crippen LogP contribution in [0.3, 0.4) is 0 Å². The molecule has 1 nitrogen and oxygen atoms in total. The Morgan fingerprint density at radius 3 is 2.42 bits per heavy atom. The Labute approximate surface area is 77.2 Å². The molecular formula is C8H7BrF2O. The van der Waals surface area contributed by atoms with E-state index in [2.05, 4.69) is 15.9 Å². The Morgan fingerprint density at radius 1 is 1.42 bits per heavy atom. The minimum absolute atomic E-state index is 0.364. The van der Waals surface area contributed by atoms with Crippen LogP contribution in [0.25, 0.3) is 0 Å². The molecule has 0 atom stereocenters. The molecular weight excluding hydrogens is 230 g/mol. The molecule has 0 spiro atoms. The first kappa shape index (κ1) is 9.45. The van der Waals surface area contributed by atoms with Gasteiger partial charge in [0.2, 0.25) is 0 Å². The van der Waals surface area contributed by atoms with Crippen molar-refractivity contribution in [1.29, 1.82) is 0 Å². The van der Waals surface area contributed by atoms with Crippen LogP contribution in [0.4, 0.5) is 8.78 Å². The van der Waals surface area contributed by atoms with Crippen molar-refractivity contribution >= 4 is 15.9 Å². The van der Waals surface area contributed by atoms with E-state index in [0.717, 1.165) is 6.92 Å². The predicted molar refractivity (Wildman–Crippen MR) is 45.4 cm³/mol. The highest BCUT2D eigenvalue weighted by Crippen LogP contribution is 2.35. The lowest BCUT2D eigenvalue weighted by Gasteiger charge is -2.12. The van der Waals surface area contributed by atoms with Crippen molar-refractivity contribution in [3.8, 4) is 5.75 Å². The summed E-state index contributed by atoms with van der Waals surface area (Å²) in [6, 6.07) is 3.94. The minimum Gasteiger partial charge on any atom is -0.507 e. The predicted octanol–water partition coefficient (Wildman–Crippen LogP) is 3.27. The zero-order valence-corrected chi connectivity index (χ0v) is 7.90. The van der Waals surface area contributed by atoms with E-state index in [1.165, 1.54) is 18.2 Å². The molecule has 0 heterocycles. The Morgan fingerprint density at radius 2 is 2.00 bits per heavy atom. The molecule has 0 aromatic heterocycles. The maximum absolute atomic E-state index is 12.7. The monoisotopic (exact) mass is 236 g/mol. The molecule has 12 heavy (non-hydrogen) atoms. The number of phenolic OH excluding ortho intramolecular Hbond substituents is 1. The Hall–Kier alpha value is -0.640. The van der Waals surface area contributed by atoms with Crippen molar-refractivity contribution in [2.75, 3.05) is 0 Å². The van der Waals surface area contributed by atoms with Crippen LogP contribution < -0.4 is 0 Å². The van der Waals surface area contributed by atoms with Crippen molar-refractivity contribution in [2.24, 2.45) is 0 Å². The minimum atomic E-state index is -3.01. The van der Waals surface area contributed by atoms with Crippen LogP contribution in [-0.4, -0.2) is 5.11 Å². The lowest BCUT2D eigenvalue weighted by atomic mass is 10.1. The van der Waals surface area contributed by atoms with Crippen LogP contribution in [0, 0.1) is 0 Å². The Kier molecular flexibility index (Phi) is 2.37. The van der Waals surface area contributed by atoms with Gasteiger partial charge in [0.15, 0.2) is 0 Å². The molecule has 1 aromatic rings. The van der Waals surface area contributed by atoms with Gasteiger partial charge in [-0.05, 0) is 18.2 Å². The van der Waals surface area contributed by atoms with Crippen LogP contribution in [0.5, 0.6) is 5.75 Å². The highest BCUT2D eigenvalue weighted by Gasteiger charge is 2.27. The first-order chi connectivity index (χ1) is 5.41.